The van der Waals surface area contributed by atoms with E-state index in [2.05, 4.69) is 98.6 Å². The van der Waals surface area contributed by atoms with E-state index in [9.17, 15) is 0 Å². The van der Waals surface area contributed by atoms with Gasteiger partial charge in [-0.2, -0.15) is 0 Å². The van der Waals surface area contributed by atoms with Crippen molar-refractivity contribution in [2.24, 2.45) is 0 Å². The summed E-state index contributed by atoms with van der Waals surface area (Å²) in [7, 11) is 0. The predicted octanol–water partition coefficient (Wildman–Crippen LogP) is 5.73. The van der Waals surface area contributed by atoms with Crippen molar-refractivity contribution in [3.05, 3.63) is 94.0 Å². The zero-order valence-electron chi connectivity index (χ0n) is 21.6. The number of fused-ring (bicyclic) bond motifs is 1. The Hall–Kier alpha value is -2.82. The summed E-state index contributed by atoms with van der Waals surface area (Å²) in [6, 6.07) is 22.4. The van der Waals surface area contributed by atoms with Crippen LogP contribution in [0, 0.1) is 20.8 Å². The van der Waals surface area contributed by atoms with E-state index < -0.39 is 0 Å². The average Bonchev–Trinajstić information content (AvgIpc) is 3.24. The highest BCUT2D eigenvalue weighted by Crippen LogP contribution is 2.44. The molecule has 184 valence electrons. The van der Waals surface area contributed by atoms with Crippen LogP contribution < -0.4 is 15.8 Å². The first-order valence-electron chi connectivity index (χ1n) is 13.0. The summed E-state index contributed by atoms with van der Waals surface area (Å²) in [6.07, 6.45) is 3.22. The van der Waals surface area contributed by atoms with E-state index >= 15 is 0 Å². The Bertz CT molecular complexity index is 1090. The van der Waals surface area contributed by atoms with Crippen molar-refractivity contribution < 1.29 is 4.74 Å². The maximum Gasteiger partial charge on any atom is 0.127 e. The molecule has 4 nitrogen and oxygen atoms in total. The highest BCUT2D eigenvalue weighted by molar-refractivity contribution is 5.66. The number of ether oxygens (including phenoxy) is 1. The molecule has 3 N–H and O–H groups in total. The molecule has 0 unspecified atom stereocenters. The minimum absolute atomic E-state index is 0.199. The molecule has 1 atom stereocenters. The van der Waals surface area contributed by atoms with E-state index in [1.807, 2.05) is 0 Å². The van der Waals surface area contributed by atoms with E-state index in [1.165, 1.54) is 27.8 Å². The van der Waals surface area contributed by atoms with Gasteiger partial charge in [0.2, 0.25) is 0 Å². The molecule has 2 aliphatic rings. The molecule has 0 radical (unpaired) electrons. The number of nitrogen functional groups attached to an aromatic ring is 1. The molecule has 5 rings (SSSR count). The number of hydrogen-bond donors (Lipinski definition) is 2. The molecule has 4 heteroatoms. The van der Waals surface area contributed by atoms with E-state index in [4.69, 9.17) is 10.5 Å². The lowest BCUT2D eigenvalue weighted by Gasteiger charge is -2.38. The molecule has 0 aliphatic carbocycles. The fourth-order valence-corrected chi connectivity index (χ4v) is 5.95. The number of benzene rings is 3. The van der Waals surface area contributed by atoms with Crippen molar-refractivity contribution in [2.45, 2.75) is 64.6 Å². The molecule has 0 bridgehead atoms. The summed E-state index contributed by atoms with van der Waals surface area (Å²) in [5.74, 6) is 1.07. The number of nitrogens with one attached hydrogen (secondary N) is 1. The molecule has 0 amide bonds. The summed E-state index contributed by atoms with van der Waals surface area (Å²) >= 11 is 0. The molecule has 1 saturated heterocycles. The summed E-state index contributed by atoms with van der Waals surface area (Å²) in [6.45, 7) is 11.8. The molecule has 3 aromatic carbocycles. The van der Waals surface area contributed by atoms with Crippen molar-refractivity contribution in [1.82, 2.24) is 10.2 Å². The van der Waals surface area contributed by atoms with Crippen molar-refractivity contribution in [3.8, 4) is 5.75 Å². The third-order valence-corrected chi connectivity index (χ3v) is 8.15. The maximum absolute atomic E-state index is 6.64. The molecular formula is C31H39N3O. The molecular weight excluding hydrogens is 430 g/mol. The van der Waals surface area contributed by atoms with Crippen LogP contribution in [-0.2, 0) is 6.42 Å². The normalized spacial score (nSPS) is 20.7. The van der Waals surface area contributed by atoms with Crippen LogP contribution in [-0.4, -0.2) is 36.2 Å². The van der Waals surface area contributed by atoms with Crippen LogP contribution in [0.25, 0.3) is 0 Å². The van der Waals surface area contributed by atoms with E-state index in [0.29, 0.717) is 6.04 Å². The topological polar surface area (TPSA) is 50.5 Å². The Balaban J connectivity index is 1.23. The Kier molecular flexibility index (Phi) is 6.61. The van der Waals surface area contributed by atoms with Crippen LogP contribution in [0.1, 0.15) is 59.2 Å². The molecule has 0 saturated carbocycles. The first-order chi connectivity index (χ1) is 16.8. The number of hydrogen-bond acceptors (Lipinski definition) is 4. The van der Waals surface area contributed by atoms with Crippen LogP contribution in [0.4, 0.5) is 5.69 Å². The van der Waals surface area contributed by atoms with Gasteiger partial charge in [-0.1, -0.05) is 60.7 Å². The summed E-state index contributed by atoms with van der Waals surface area (Å²) < 4.78 is 6.64. The van der Waals surface area contributed by atoms with Crippen LogP contribution in [0.2, 0.25) is 0 Å². The number of nitrogens with zero attached hydrogens (tertiary/aromatic N) is 1. The summed E-state index contributed by atoms with van der Waals surface area (Å²) in [4.78, 5) is 2.59. The fraction of sp³-hybridized carbons (Fsp3) is 0.419. The molecule has 1 fully saturated rings. The summed E-state index contributed by atoms with van der Waals surface area (Å²) in [5, 5.41) is 3.98. The maximum atomic E-state index is 6.64. The van der Waals surface area contributed by atoms with Crippen LogP contribution in [0.15, 0.2) is 60.7 Å². The molecule has 2 aliphatic heterocycles. The van der Waals surface area contributed by atoms with Gasteiger partial charge in [-0.15, -0.1) is 0 Å². The van der Waals surface area contributed by atoms with Gasteiger partial charge in [0, 0.05) is 30.3 Å². The van der Waals surface area contributed by atoms with Gasteiger partial charge in [0.25, 0.3) is 0 Å². The number of likely N-dealkylation sites (tertiary alicyclic amines) is 1. The smallest absolute Gasteiger partial charge is 0.127 e. The summed E-state index contributed by atoms with van der Waals surface area (Å²) in [5.41, 5.74) is 14.6. The number of nitrogens with two attached hydrogens (primary N) is 1. The molecule has 3 aromatic rings. The molecule has 0 aromatic heterocycles. The highest BCUT2D eigenvalue weighted by atomic mass is 16.5. The lowest BCUT2D eigenvalue weighted by molar-refractivity contribution is 0.0501. The standard InChI is InChI=1S/C31H39N3O/c1-21-22(2)30-27(23(3)28(21)32)19-31(4,35-30)20-34-17-15-26(16-18-34)33-29(24-11-7-5-8-12-24)25-13-9-6-10-14-25/h5-14,26,29,33H,15-20,32H2,1-4H3/t31-/m0/s1. The first-order valence-corrected chi connectivity index (χ1v) is 13.0. The van der Waals surface area contributed by atoms with Crippen molar-refractivity contribution in [3.63, 3.8) is 0 Å². The average molecular weight is 470 g/mol. The van der Waals surface area contributed by atoms with Crippen LogP contribution >= 0.6 is 0 Å². The fourth-order valence-electron chi connectivity index (χ4n) is 5.95. The van der Waals surface area contributed by atoms with Gasteiger partial charge < -0.3 is 15.8 Å². The lowest BCUT2D eigenvalue weighted by atomic mass is 9.91. The van der Waals surface area contributed by atoms with E-state index in [-0.39, 0.29) is 11.6 Å². The predicted molar refractivity (Wildman–Crippen MR) is 145 cm³/mol. The van der Waals surface area contributed by atoms with Gasteiger partial charge in [-0.25, -0.2) is 0 Å². The van der Waals surface area contributed by atoms with Gasteiger partial charge in [0.05, 0.1) is 6.04 Å². The van der Waals surface area contributed by atoms with E-state index in [1.54, 1.807) is 0 Å². The lowest BCUT2D eigenvalue weighted by Crippen LogP contribution is -2.50. The Morgan fingerprint density at radius 2 is 1.49 bits per heavy atom. The Morgan fingerprint density at radius 3 is 2.06 bits per heavy atom. The van der Waals surface area contributed by atoms with Crippen LogP contribution in [0.3, 0.4) is 0 Å². The first kappa shape index (κ1) is 23.9. The Morgan fingerprint density at radius 1 is 0.914 bits per heavy atom. The van der Waals surface area contributed by atoms with Crippen LogP contribution in [0.5, 0.6) is 5.75 Å². The zero-order valence-corrected chi connectivity index (χ0v) is 21.6. The van der Waals surface area contributed by atoms with Gasteiger partial charge in [-0.3, -0.25) is 4.90 Å². The molecule has 0 spiro atoms. The largest absolute Gasteiger partial charge is 0.485 e. The van der Waals surface area contributed by atoms with Crippen molar-refractivity contribution in [1.29, 1.82) is 0 Å². The SMILES string of the molecule is Cc1c(C)c2c(c(C)c1N)C[C@@](C)(CN1CCC(NC(c3ccccc3)c3ccccc3)CC1)O2. The minimum atomic E-state index is -0.199. The highest BCUT2D eigenvalue weighted by Gasteiger charge is 2.40. The van der Waals surface area contributed by atoms with Crippen molar-refractivity contribution in [2.75, 3.05) is 25.4 Å². The van der Waals surface area contributed by atoms with E-state index in [0.717, 1.165) is 55.9 Å². The third kappa shape index (κ3) is 4.82. The Labute approximate surface area is 210 Å². The quantitative estimate of drug-likeness (QED) is 0.453. The molecule has 35 heavy (non-hydrogen) atoms. The second-order valence-corrected chi connectivity index (χ2v) is 10.8. The number of piperidine rings is 1. The number of rotatable bonds is 6. The number of anilines is 1. The van der Waals surface area contributed by atoms with Gasteiger partial charge in [0.1, 0.15) is 11.4 Å². The molecule has 2 heterocycles. The third-order valence-electron chi connectivity index (χ3n) is 8.15. The van der Waals surface area contributed by atoms with Gasteiger partial charge in [-0.05, 0) is 81.4 Å². The van der Waals surface area contributed by atoms with Gasteiger partial charge >= 0.3 is 0 Å². The zero-order chi connectivity index (χ0) is 24.6. The minimum Gasteiger partial charge on any atom is -0.485 e. The van der Waals surface area contributed by atoms with Crippen molar-refractivity contribution >= 4 is 5.69 Å². The second-order valence-electron chi connectivity index (χ2n) is 10.8. The van der Waals surface area contributed by atoms with Gasteiger partial charge in [0.15, 0.2) is 0 Å². The monoisotopic (exact) mass is 469 g/mol. The second kappa shape index (κ2) is 9.67.